The summed E-state index contributed by atoms with van der Waals surface area (Å²) in [4.78, 5) is 13.2. The maximum absolute atomic E-state index is 13.2. The minimum absolute atomic E-state index is 0.181. The van der Waals surface area contributed by atoms with Gasteiger partial charge in [0.1, 0.15) is 27.8 Å². The zero-order valence-corrected chi connectivity index (χ0v) is 21.4. The van der Waals surface area contributed by atoms with Gasteiger partial charge < -0.3 is 23.0 Å². The Morgan fingerprint density at radius 3 is 2.34 bits per heavy atom. The second kappa shape index (κ2) is 10.9. The third-order valence-electron chi connectivity index (χ3n) is 5.36. The quantitative estimate of drug-likeness (QED) is 0.216. The summed E-state index contributed by atoms with van der Waals surface area (Å²) >= 11 is 3.49. The largest absolute Gasteiger partial charge is 0.495 e. The molecule has 0 amide bonds. The Morgan fingerprint density at radius 2 is 1.71 bits per heavy atom. The monoisotopic (exact) mass is 540 g/mol. The molecule has 35 heavy (non-hydrogen) atoms. The van der Waals surface area contributed by atoms with Gasteiger partial charge >= 0.3 is 0 Å². The molecule has 0 saturated carbocycles. The summed E-state index contributed by atoms with van der Waals surface area (Å²) in [5, 5.41) is 8.04. The fourth-order valence-corrected chi connectivity index (χ4v) is 4.09. The number of benzene rings is 2. The number of Topliss-reactive ketones (excluding diaryl/α,β-unsaturated/α-hetero) is 1. The highest BCUT2D eigenvalue weighted by atomic mass is 79.9. The van der Waals surface area contributed by atoms with E-state index in [1.54, 1.807) is 31.4 Å². The van der Waals surface area contributed by atoms with Crippen LogP contribution < -0.4 is 9.47 Å². The first kappa shape index (κ1) is 24.7. The lowest BCUT2D eigenvalue weighted by atomic mass is 10.0. The van der Waals surface area contributed by atoms with Crippen LogP contribution in [0.15, 0.2) is 61.8 Å². The minimum Gasteiger partial charge on any atom is -0.495 e. The van der Waals surface area contributed by atoms with Crippen LogP contribution in [0.2, 0.25) is 0 Å². The normalized spacial score (nSPS) is 11.9. The molecule has 2 heterocycles. The van der Waals surface area contributed by atoms with Gasteiger partial charge in [-0.3, -0.25) is 4.79 Å². The van der Waals surface area contributed by atoms with E-state index in [0.717, 1.165) is 11.1 Å². The van der Waals surface area contributed by atoms with E-state index in [2.05, 4.69) is 26.1 Å². The summed E-state index contributed by atoms with van der Waals surface area (Å²) in [6, 6.07) is 14.3. The van der Waals surface area contributed by atoms with Crippen LogP contribution in [-0.4, -0.2) is 36.8 Å². The van der Waals surface area contributed by atoms with Gasteiger partial charge in [0.25, 0.3) is 0 Å². The number of rotatable bonds is 10. The molecule has 1 atom stereocenters. The number of nitrogens with zero attached hydrogens (tertiary/aromatic N) is 2. The SMILES string of the molecule is CCOc1cc(-c2ccc(C(=O)C(OC)c3ccc(-c4nnc(CC)o4)cc3)o2)cc(OC)c1Br. The first-order valence-corrected chi connectivity index (χ1v) is 11.9. The lowest BCUT2D eigenvalue weighted by molar-refractivity contribution is 0.0577. The standard InChI is InChI=1S/C26H25BrN2O6/c1-5-22-28-29-26(35-22)16-9-7-15(8-10-16)25(32-4)24(30)19-12-11-18(34-19)17-13-20(31-3)23(27)21(14-17)33-6-2/h7-14,25H,5-6H2,1-4H3. The van der Waals surface area contributed by atoms with Crippen molar-refractivity contribution >= 4 is 21.7 Å². The van der Waals surface area contributed by atoms with Gasteiger partial charge in [-0.25, -0.2) is 0 Å². The average molecular weight is 541 g/mol. The molecule has 4 rings (SSSR count). The van der Waals surface area contributed by atoms with Crippen molar-refractivity contribution in [3.63, 3.8) is 0 Å². The number of halogens is 1. The van der Waals surface area contributed by atoms with E-state index in [-0.39, 0.29) is 11.5 Å². The highest BCUT2D eigenvalue weighted by Gasteiger charge is 2.25. The van der Waals surface area contributed by atoms with Gasteiger partial charge in [0.05, 0.1) is 13.7 Å². The van der Waals surface area contributed by atoms with Crippen LogP contribution in [0, 0.1) is 0 Å². The molecule has 0 saturated heterocycles. The first-order chi connectivity index (χ1) is 17.0. The Kier molecular flexibility index (Phi) is 7.67. The number of aryl methyl sites for hydroxylation is 1. The van der Waals surface area contributed by atoms with Crippen molar-refractivity contribution in [1.29, 1.82) is 0 Å². The molecule has 182 valence electrons. The average Bonchev–Trinajstić information content (AvgIpc) is 3.56. The maximum Gasteiger partial charge on any atom is 0.247 e. The molecule has 0 N–H and O–H groups in total. The summed E-state index contributed by atoms with van der Waals surface area (Å²) in [7, 11) is 3.06. The highest BCUT2D eigenvalue weighted by molar-refractivity contribution is 9.10. The van der Waals surface area contributed by atoms with Crippen molar-refractivity contribution in [1.82, 2.24) is 10.2 Å². The molecule has 0 spiro atoms. The number of hydrogen-bond acceptors (Lipinski definition) is 8. The van der Waals surface area contributed by atoms with Gasteiger partial charge in [-0.2, -0.15) is 0 Å². The fraction of sp³-hybridized carbons (Fsp3) is 0.269. The molecule has 0 aliphatic heterocycles. The van der Waals surface area contributed by atoms with Crippen LogP contribution in [0.4, 0.5) is 0 Å². The van der Waals surface area contributed by atoms with E-state index in [1.165, 1.54) is 7.11 Å². The van der Waals surface area contributed by atoms with Gasteiger partial charge in [-0.1, -0.05) is 19.1 Å². The molecule has 0 aliphatic carbocycles. The Labute approximate surface area is 211 Å². The highest BCUT2D eigenvalue weighted by Crippen LogP contribution is 2.40. The molecule has 0 fully saturated rings. The number of hydrogen-bond donors (Lipinski definition) is 0. The maximum atomic E-state index is 13.2. The number of ketones is 1. The zero-order chi connectivity index (χ0) is 24.9. The molecular formula is C26H25BrN2O6. The van der Waals surface area contributed by atoms with Gasteiger partial charge in [0.2, 0.25) is 17.6 Å². The summed E-state index contributed by atoms with van der Waals surface area (Å²) in [5.41, 5.74) is 2.16. The molecule has 4 aromatic rings. The fourth-order valence-electron chi connectivity index (χ4n) is 3.59. The first-order valence-electron chi connectivity index (χ1n) is 11.1. The second-order valence-electron chi connectivity index (χ2n) is 7.54. The zero-order valence-electron chi connectivity index (χ0n) is 19.8. The molecule has 2 aromatic carbocycles. The lowest BCUT2D eigenvalue weighted by Gasteiger charge is -2.14. The molecule has 0 aliphatic rings. The predicted octanol–water partition coefficient (Wildman–Crippen LogP) is 6.30. The van der Waals surface area contributed by atoms with E-state index in [4.69, 9.17) is 23.0 Å². The molecular weight excluding hydrogens is 516 g/mol. The number of carbonyl (C=O) groups is 1. The third-order valence-corrected chi connectivity index (χ3v) is 6.14. The van der Waals surface area contributed by atoms with E-state index in [9.17, 15) is 4.79 Å². The number of methoxy groups -OCH3 is 2. The Bertz CT molecular complexity index is 1310. The van der Waals surface area contributed by atoms with Crippen LogP contribution in [0.3, 0.4) is 0 Å². The Balaban J connectivity index is 1.58. The third kappa shape index (κ3) is 5.16. The van der Waals surface area contributed by atoms with E-state index in [0.29, 0.717) is 52.1 Å². The van der Waals surface area contributed by atoms with Crippen molar-refractivity contribution in [2.75, 3.05) is 20.8 Å². The van der Waals surface area contributed by atoms with Crippen molar-refractivity contribution < 1.29 is 27.8 Å². The minimum atomic E-state index is -0.838. The van der Waals surface area contributed by atoms with Crippen LogP contribution in [0.5, 0.6) is 11.5 Å². The number of aromatic nitrogens is 2. The van der Waals surface area contributed by atoms with E-state index >= 15 is 0 Å². The van der Waals surface area contributed by atoms with Gasteiger partial charge in [-0.05, 0) is 64.8 Å². The van der Waals surface area contributed by atoms with Crippen molar-refractivity contribution in [3.8, 4) is 34.3 Å². The van der Waals surface area contributed by atoms with Crippen molar-refractivity contribution in [2.45, 2.75) is 26.4 Å². The van der Waals surface area contributed by atoms with Crippen LogP contribution in [0.1, 0.15) is 42.0 Å². The van der Waals surface area contributed by atoms with E-state index < -0.39 is 6.10 Å². The molecule has 0 bridgehead atoms. The molecule has 9 heteroatoms. The molecule has 0 radical (unpaired) electrons. The lowest BCUT2D eigenvalue weighted by Crippen LogP contribution is -2.14. The Morgan fingerprint density at radius 1 is 0.971 bits per heavy atom. The van der Waals surface area contributed by atoms with Crippen molar-refractivity contribution in [2.24, 2.45) is 0 Å². The number of ether oxygens (including phenoxy) is 3. The van der Waals surface area contributed by atoms with Crippen LogP contribution >= 0.6 is 15.9 Å². The van der Waals surface area contributed by atoms with Gasteiger partial charge in [0, 0.05) is 24.7 Å². The summed E-state index contributed by atoms with van der Waals surface area (Å²) in [6.45, 7) is 4.34. The number of carbonyl (C=O) groups excluding carboxylic acids is 1. The Hall–Kier alpha value is -3.43. The smallest absolute Gasteiger partial charge is 0.247 e. The summed E-state index contributed by atoms with van der Waals surface area (Å²) < 4.78 is 28.9. The second-order valence-corrected chi connectivity index (χ2v) is 8.34. The van der Waals surface area contributed by atoms with Gasteiger partial charge in [-0.15, -0.1) is 10.2 Å². The predicted molar refractivity (Wildman–Crippen MR) is 133 cm³/mol. The van der Waals surface area contributed by atoms with Crippen LogP contribution in [-0.2, 0) is 11.2 Å². The van der Waals surface area contributed by atoms with E-state index in [1.807, 2.05) is 38.1 Å². The van der Waals surface area contributed by atoms with Crippen LogP contribution in [0.25, 0.3) is 22.8 Å². The molecule has 8 nitrogen and oxygen atoms in total. The summed E-state index contributed by atoms with van der Waals surface area (Å²) in [5.74, 6) is 2.60. The molecule has 2 aromatic heterocycles. The summed E-state index contributed by atoms with van der Waals surface area (Å²) in [6.07, 6.45) is -0.174. The number of furan rings is 1. The van der Waals surface area contributed by atoms with Gasteiger partial charge in [0.15, 0.2) is 5.76 Å². The topological polar surface area (TPSA) is 96.8 Å². The molecule has 1 unspecified atom stereocenters. The van der Waals surface area contributed by atoms with Crippen molar-refractivity contribution in [3.05, 3.63) is 70.2 Å².